The maximum atomic E-state index is 12.8. The Kier molecular flexibility index (Phi) is 5.18. The van der Waals surface area contributed by atoms with Crippen LogP contribution in [0.1, 0.15) is 25.3 Å². The number of ether oxygens (including phenoxy) is 1. The largest absolute Gasteiger partial charge is 0.492 e. The average Bonchev–Trinajstić information content (AvgIpc) is 3.42. The molecule has 136 valence electrons. The van der Waals surface area contributed by atoms with Crippen LogP contribution in [0.15, 0.2) is 42.5 Å². The minimum atomic E-state index is -1.04. The number of benzene rings is 2. The van der Waals surface area contributed by atoms with E-state index in [1.807, 2.05) is 32.0 Å². The third-order valence-electron chi connectivity index (χ3n) is 4.48. The smallest absolute Gasteiger partial charge is 0.240 e. The Morgan fingerprint density at radius 3 is 2.46 bits per heavy atom. The lowest BCUT2D eigenvalue weighted by Crippen LogP contribution is -2.35. The van der Waals surface area contributed by atoms with Crippen molar-refractivity contribution in [2.24, 2.45) is 5.41 Å². The van der Waals surface area contributed by atoms with Crippen molar-refractivity contribution in [1.29, 1.82) is 0 Å². The van der Waals surface area contributed by atoms with Crippen LogP contribution in [-0.4, -0.2) is 18.4 Å². The molecule has 0 radical (unpaired) electrons. The molecule has 1 aliphatic rings. The highest BCUT2D eigenvalue weighted by Crippen LogP contribution is 2.48. The van der Waals surface area contributed by atoms with Gasteiger partial charge in [0.2, 0.25) is 11.8 Å². The number of rotatable bonds is 6. The Labute approximate surface area is 157 Å². The minimum absolute atomic E-state index is 0.316. The van der Waals surface area contributed by atoms with E-state index in [-0.39, 0.29) is 11.8 Å². The van der Waals surface area contributed by atoms with Crippen molar-refractivity contribution in [3.8, 4) is 5.75 Å². The molecule has 1 aliphatic carbocycles. The molecule has 1 fully saturated rings. The van der Waals surface area contributed by atoms with E-state index in [9.17, 15) is 9.59 Å². The normalized spacial score (nSPS) is 14.4. The lowest BCUT2D eigenvalue weighted by Gasteiger charge is -2.17. The molecule has 2 aromatic carbocycles. The van der Waals surface area contributed by atoms with Crippen LogP contribution in [0.2, 0.25) is 5.02 Å². The van der Waals surface area contributed by atoms with Crippen LogP contribution in [0.5, 0.6) is 5.75 Å². The molecular weight excluding hydrogens is 352 g/mol. The van der Waals surface area contributed by atoms with E-state index in [1.165, 1.54) is 0 Å². The summed E-state index contributed by atoms with van der Waals surface area (Å²) in [6.45, 7) is 4.26. The van der Waals surface area contributed by atoms with Gasteiger partial charge in [0.25, 0.3) is 0 Å². The molecular formula is C20H21ClN2O3. The summed E-state index contributed by atoms with van der Waals surface area (Å²) in [7, 11) is 0. The number of amides is 2. The highest BCUT2D eigenvalue weighted by Gasteiger charge is 2.56. The second kappa shape index (κ2) is 7.38. The first-order chi connectivity index (χ1) is 12.5. The molecule has 2 aromatic rings. The summed E-state index contributed by atoms with van der Waals surface area (Å²) in [6.07, 6.45) is 1.03. The second-order valence-electron chi connectivity index (χ2n) is 6.38. The number of anilines is 2. The molecule has 0 heterocycles. The number of carbonyl (C=O) groups excluding carboxylic acids is 2. The van der Waals surface area contributed by atoms with Gasteiger partial charge in [-0.1, -0.05) is 29.8 Å². The fourth-order valence-electron chi connectivity index (χ4n) is 2.70. The maximum absolute atomic E-state index is 12.8. The number of carbonyl (C=O) groups is 2. The monoisotopic (exact) mass is 372 g/mol. The minimum Gasteiger partial charge on any atom is -0.492 e. The van der Waals surface area contributed by atoms with Crippen molar-refractivity contribution in [3.05, 3.63) is 53.1 Å². The van der Waals surface area contributed by atoms with E-state index in [2.05, 4.69) is 10.6 Å². The van der Waals surface area contributed by atoms with E-state index >= 15 is 0 Å². The maximum Gasteiger partial charge on any atom is 0.240 e. The molecule has 0 aromatic heterocycles. The number of hydrogen-bond donors (Lipinski definition) is 2. The SMILES string of the molecule is CCOc1ccccc1NC(=O)C1(C(=O)Nc2ccc(C)c(Cl)c2)CC1. The summed E-state index contributed by atoms with van der Waals surface area (Å²) in [5, 5.41) is 6.21. The van der Waals surface area contributed by atoms with Crippen LogP contribution in [0, 0.1) is 12.3 Å². The number of hydrogen-bond acceptors (Lipinski definition) is 3. The van der Waals surface area contributed by atoms with Gasteiger partial charge in [-0.15, -0.1) is 0 Å². The molecule has 0 saturated heterocycles. The Morgan fingerprint density at radius 2 is 1.81 bits per heavy atom. The van der Waals surface area contributed by atoms with Crippen molar-refractivity contribution < 1.29 is 14.3 Å². The third-order valence-corrected chi connectivity index (χ3v) is 4.89. The summed E-state index contributed by atoms with van der Waals surface area (Å²) >= 11 is 6.10. The zero-order valence-electron chi connectivity index (χ0n) is 14.8. The van der Waals surface area contributed by atoms with Gasteiger partial charge >= 0.3 is 0 Å². The van der Waals surface area contributed by atoms with Crippen molar-refractivity contribution in [2.45, 2.75) is 26.7 Å². The van der Waals surface area contributed by atoms with Crippen LogP contribution in [0.4, 0.5) is 11.4 Å². The van der Waals surface area contributed by atoms with Crippen molar-refractivity contribution in [1.82, 2.24) is 0 Å². The molecule has 0 atom stereocenters. The number of halogens is 1. The molecule has 26 heavy (non-hydrogen) atoms. The van der Waals surface area contributed by atoms with Crippen molar-refractivity contribution in [3.63, 3.8) is 0 Å². The topological polar surface area (TPSA) is 67.4 Å². The van der Waals surface area contributed by atoms with Gasteiger partial charge in [-0.25, -0.2) is 0 Å². The lowest BCUT2D eigenvalue weighted by atomic mass is 10.0. The fourth-order valence-corrected chi connectivity index (χ4v) is 2.88. The summed E-state index contributed by atoms with van der Waals surface area (Å²) in [5.41, 5.74) is 1.03. The molecule has 2 amide bonds. The quantitative estimate of drug-likeness (QED) is 0.738. The van der Waals surface area contributed by atoms with Crippen molar-refractivity contribution in [2.75, 3.05) is 17.2 Å². The van der Waals surface area contributed by atoms with E-state index in [0.29, 0.717) is 41.6 Å². The Morgan fingerprint density at radius 1 is 1.12 bits per heavy atom. The molecule has 0 unspecified atom stereocenters. The molecule has 1 saturated carbocycles. The first-order valence-electron chi connectivity index (χ1n) is 8.57. The molecule has 0 bridgehead atoms. The molecule has 3 rings (SSSR count). The first kappa shape index (κ1) is 18.3. The summed E-state index contributed by atoms with van der Waals surface area (Å²) in [4.78, 5) is 25.4. The number of nitrogens with one attached hydrogen (secondary N) is 2. The Balaban J connectivity index is 1.72. The second-order valence-corrected chi connectivity index (χ2v) is 6.79. The van der Waals surface area contributed by atoms with Crippen molar-refractivity contribution >= 4 is 34.8 Å². The van der Waals surface area contributed by atoms with Gasteiger partial charge in [0.05, 0.1) is 12.3 Å². The van der Waals surface area contributed by atoms with Crippen LogP contribution in [0.3, 0.4) is 0 Å². The van der Waals surface area contributed by atoms with Crippen LogP contribution in [0.25, 0.3) is 0 Å². The van der Waals surface area contributed by atoms with Gasteiger partial charge in [-0.2, -0.15) is 0 Å². The van der Waals surface area contributed by atoms with Gasteiger partial charge in [0.1, 0.15) is 11.2 Å². The fraction of sp³-hybridized carbons (Fsp3) is 0.300. The molecule has 6 heteroatoms. The summed E-state index contributed by atoms with van der Waals surface area (Å²) < 4.78 is 5.52. The van der Waals surface area contributed by atoms with Gasteiger partial charge in [-0.3, -0.25) is 9.59 Å². The zero-order chi connectivity index (χ0) is 18.7. The summed E-state index contributed by atoms with van der Waals surface area (Å²) in [6, 6.07) is 12.5. The van der Waals surface area contributed by atoms with Gasteiger partial charge in [0.15, 0.2) is 0 Å². The standard InChI is InChI=1S/C20H21ClN2O3/c1-3-26-17-7-5-4-6-16(17)23-19(25)20(10-11-20)18(24)22-14-9-8-13(2)15(21)12-14/h4-9,12H,3,10-11H2,1-2H3,(H,22,24)(H,23,25). The van der Waals surface area contributed by atoms with E-state index in [0.717, 1.165) is 5.56 Å². The average molecular weight is 373 g/mol. The number of aryl methyl sites for hydroxylation is 1. The van der Waals surface area contributed by atoms with E-state index < -0.39 is 5.41 Å². The third kappa shape index (κ3) is 3.68. The van der Waals surface area contributed by atoms with Crippen LogP contribution in [-0.2, 0) is 9.59 Å². The van der Waals surface area contributed by atoms with Gasteiger partial charge in [0, 0.05) is 10.7 Å². The van der Waals surface area contributed by atoms with Gasteiger partial charge < -0.3 is 15.4 Å². The highest BCUT2D eigenvalue weighted by molar-refractivity contribution is 6.31. The molecule has 0 aliphatic heterocycles. The Bertz CT molecular complexity index is 847. The zero-order valence-corrected chi connectivity index (χ0v) is 15.5. The predicted molar refractivity (Wildman–Crippen MR) is 103 cm³/mol. The lowest BCUT2D eigenvalue weighted by molar-refractivity contribution is -0.131. The summed E-state index contributed by atoms with van der Waals surface area (Å²) in [5.74, 6) is -0.0472. The Hall–Kier alpha value is -2.53. The van der Waals surface area contributed by atoms with Crippen LogP contribution >= 0.6 is 11.6 Å². The first-order valence-corrected chi connectivity index (χ1v) is 8.95. The van der Waals surface area contributed by atoms with Crippen LogP contribution < -0.4 is 15.4 Å². The number of para-hydroxylation sites is 2. The highest BCUT2D eigenvalue weighted by atomic mass is 35.5. The molecule has 2 N–H and O–H groups in total. The predicted octanol–water partition coefficient (Wildman–Crippen LogP) is 4.40. The van der Waals surface area contributed by atoms with E-state index in [1.54, 1.807) is 24.3 Å². The molecule has 5 nitrogen and oxygen atoms in total. The van der Waals surface area contributed by atoms with Gasteiger partial charge in [-0.05, 0) is 56.5 Å². The molecule has 0 spiro atoms. The van der Waals surface area contributed by atoms with E-state index in [4.69, 9.17) is 16.3 Å².